The molecule has 3 nitrogen and oxygen atoms in total. The van der Waals surface area contributed by atoms with E-state index >= 15 is 0 Å². The molecule has 0 bridgehead atoms. The van der Waals surface area contributed by atoms with Crippen LogP contribution in [0.2, 0.25) is 0 Å². The lowest BCUT2D eigenvalue weighted by Gasteiger charge is -2.13. The Bertz CT molecular complexity index is 233. The average Bonchev–Trinajstić information content (AvgIpc) is 1.73. The summed E-state index contributed by atoms with van der Waals surface area (Å²) in [5.74, 6) is -0.214. The van der Waals surface area contributed by atoms with Crippen molar-refractivity contribution in [1.29, 1.82) is 0 Å². The second-order valence-corrected chi connectivity index (χ2v) is 5.15. The van der Waals surface area contributed by atoms with Crippen molar-refractivity contribution in [3.63, 3.8) is 0 Å². The highest BCUT2D eigenvalue weighted by Gasteiger charge is 2.46. The third-order valence-electron chi connectivity index (χ3n) is 1.20. The highest BCUT2D eigenvalue weighted by atomic mass is 35.5. The van der Waals surface area contributed by atoms with E-state index in [4.69, 9.17) is 23.2 Å². The van der Waals surface area contributed by atoms with Crippen molar-refractivity contribution in [3.8, 4) is 0 Å². The molecule has 1 aliphatic heterocycles. The van der Waals surface area contributed by atoms with Gasteiger partial charge >= 0.3 is 0 Å². The summed E-state index contributed by atoms with van der Waals surface area (Å²) in [5.41, 5.74) is 0. The Morgan fingerprint density at radius 1 is 1.70 bits per heavy atom. The van der Waals surface area contributed by atoms with Crippen LogP contribution in [0.25, 0.3) is 0 Å². The first-order valence-electron chi connectivity index (χ1n) is 2.60. The van der Waals surface area contributed by atoms with Crippen LogP contribution in [-0.2, 0) is 14.3 Å². The molecule has 1 fully saturated rings. The lowest BCUT2D eigenvalue weighted by atomic mass is 10.3. The summed E-state index contributed by atoms with van der Waals surface area (Å²) in [7, 11) is -3.47. The van der Waals surface area contributed by atoms with E-state index in [2.05, 4.69) is 4.18 Å². The third-order valence-corrected chi connectivity index (χ3v) is 3.84. The Morgan fingerprint density at radius 3 is 2.30 bits per heavy atom. The smallest absolute Gasteiger partial charge is 0.246 e. The first kappa shape index (κ1) is 8.59. The zero-order valence-corrected chi connectivity index (χ0v) is 7.50. The van der Waals surface area contributed by atoms with Gasteiger partial charge in [0.05, 0.1) is 11.1 Å². The molecule has 0 aliphatic carbocycles. The van der Waals surface area contributed by atoms with Crippen molar-refractivity contribution in [2.24, 2.45) is 0 Å². The van der Waals surface area contributed by atoms with Crippen molar-refractivity contribution < 1.29 is 12.6 Å². The molecule has 0 aromatic heterocycles. The fourth-order valence-electron chi connectivity index (χ4n) is 0.663. The van der Waals surface area contributed by atoms with Gasteiger partial charge in [0.1, 0.15) is 0 Å². The van der Waals surface area contributed by atoms with Gasteiger partial charge in [-0.3, -0.25) is 0 Å². The first-order valence-corrected chi connectivity index (χ1v) is 4.99. The minimum atomic E-state index is -3.47. The molecule has 1 aliphatic rings. The zero-order valence-electron chi connectivity index (χ0n) is 5.17. The second-order valence-electron chi connectivity index (χ2n) is 2.26. The van der Waals surface area contributed by atoms with Crippen LogP contribution in [0.5, 0.6) is 0 Å². The first-order chi connectivity index (χ1) is 4.33. The maximum Gasteiger partial charge on any atom is 0.270 e. The summed E-state index contributed by atoms with van der Waals surface area (Å²) in [6, 6.07) is 0. The molecule has 0 saturated carbocycles. The van der Waals surface area contributed by atoms with E-state index in [-0.39, 0.29) is 5.75 Å². The van der Waals surface area contributed by atoms with Gasteiger partial charge in [-0.2, -0.15) is 8.42 Å². The average molecular weight is 205 g/mol. The maximum absolute atomic E-state index is 10.7. The highest BCUT2D eigenvalue weighted by molar-refractivity contribution is 7.87. The largest absolute Gasteiger partial charge is 0.270 e. The van der Waals surface area contributed by atoms with Gasteiger partial charge in [0.25, 0.3) is 10.1 Å². The molecule has 0 radical (unpaired) electrons. The van der Waals surface area contributed by atoms with E-state index in [1.807, 2.05) is 0 Å². The summed E-state index contributed by atoms with van der Waals surface area (Å²) in [4.78, 5) is 0. The van der Waals surface area contributed by atoms with Crippen molar-refractivity contribution in [2.45, 2.75) is 17.4 Å². The van der Waals surface area contributed by atoms with Crippen molar-refractivity contribution >= 4 is 33.3 Å². The van der Waals surface area contributed by atoms with Crippen LogP contribution in [0, 0.1) is 0 Å². The minimum absolute atomic E-state index is 0.214. The molecular weight excluding hydrogens is 199 g/mol. The van der Waals surface area contributed by atoms with Gasteiger partial charge in [0, 0.05) is 0 Å². The Kier molecular flexibility index (Phi) is 1.92. The van der Waals surface area contributed by atoms with E-state index in [1.165, 1.54) is 6.92 Å². The van der Waals surface area contributed by atoms with Gasteiger partial charge in [0.15, 0.2) is 5.06 Å². The Balaban J connectivity index is 2.92. The van der Waals surface area contributed by atoms with Crippen LogP contribution < -0.4 is 0 Å². The van der Waals surface area contributed by atoms with Crippen LogP contribution in [0.1, 0.15) is 6.92 Å². The monoisotopic (exact) mass is 204 g/mol. The summed E-state index contributed by atoms with van der Waals surface area (Å²) < 4.78 is 25.8. The van der Waals surface area contributed by atoms with E-state index in [1.54, 1.807) is 0 Å². The molecule has 1 saturated heterocycles. The predicted molar refractivity (Wildman–Crippen MR) is 38.8 cm³/mol. The number of rotatable bonds is 0. The Hall–Kier alpha value is 0.490. The van der Waals surface area contributed by atoms with Crippen molar-refractivity contribution in [1.82, 2.24) is 0 Å². The fourth-order valence-corrected chi connectivity index (χ4v) is 3.04. The van der Waals surface area contributed by atoms with E-state index in [0.717, 1.165) is 0 Å². The summed E-state index contributed by atoms with van der Waals surface area (Å²) in [6.07, 6.45) is 0. The normalized spacial score (nSPS) is 45.7. The van der Waals surface area contributed by atoms with Gasteiger partial charge < -0.3 is 0 Å². The minimum Gasteiger partial charge on any atom is -0.246 e. The van der Waals surface area contributed by atoms with Gasteiger partial charge in [-0.25, -0.2) is 4.18 Å². The van der Waals surface area contributed by atoms with Gasteiger partial charge in [0.2, 0.25) is 0 Å². The molecule has 6 heteroatoms. The van der Waals surface area contributed by atoms with Crippen LogP contribution in [0.15, 0.2) is 0 Å². The molecular formula is C4H6Cl2O3S. The van der Waals surface area contributed by atoms with Gasteiger partial charge in [-0.1, -0.05) is 11.6 Å². The predicted octanol–water partition coefficient (Wildman–Crippen LogP) is 0.909. The quantitative estimate of drug-likeness (QED) is 0.436. The molecule has 2 atom stereocenters. The Labute approximate surface area is 69.4 Å². The highest BCUT2D eigenvalue weighted by Crippen LogP contribution is 2.35. The summed E-state index contributed by atoms with van der Waals surface area (Å²) in [5, 5.41) is -1.93. The molecule has 0 amide bonds. The number of halogens is 2. The molecule has 1 rings (SSSR count). The molecule has 2 unspecified atom stereocenters. The van der Waals surface area contributed by atoms with Crippen molar-refractivity contribution in [2.75, 3.05) is 5.75 Å². The second kappa shape index (κ2) is 2.24. The summed E-state index contributed by atoms with van der Waals surface area (Å²) in [6.45, 7) is 1.43. The maximum atomic E-state index is 10.7. The van der Waals surface area contributed by atoms with Crippen LogP contribution in [-0.4, -0.2) is 24.6 Å². The van der Waals surface area contributed by atoms with Crippen LogP contribution >= 0.6 is 23.2 Å². The summed E-state index contributed by atoms with van der Waals surface area (Å²) >= 11 is 11.1. The SMILES string of the molecule is CC1(Cl)OS(=O)(=O)CC1Cl. The molecule has 0 spiro atoms. The topological polar surface area (TPSA) is 43.4 Å². The standard InChI is InChI=1S/C4H6Cl2O3S/c1-4(6)3(5)2-10(7,8)9-4/h3H,2H2,1H3. The number of hydrogen-bond acceptors (Lipinski definition) is 3. The molecule has 0 aromatic carbocycles. The number of alkyl halides is 2. The lowest BCUT2D eigenvalue weighted by Crippen LogP contribution is -2.25. The van der Waals surface area contributed by atoms with Crippen LogP contribution in [0.3, 0.4) is 0 Å². The third kappa shape index (κ3) is 1.56. The zero-order chi connectivity index (χ0) is 7.99. The van der Waals surface area contributed by atoms with E-state index in [0.29, 0.717) is 0 Å². The molecule has 0 N–H and O–H groups in total. The molecule has 10 heavy (non-hydrogen) atoms. The van der Waals surface area contributed by atoms with Gasteiger partial charge in [-0.05, 0) is 6.92 Å². The Morgan fingerprint density at radius 2 is 2.20 bits per heavy atom. The number of hydrogen-bond donors (Lipinski definition) is 0. The van der Waals surface area contributed by atoms with E-state index < -0.39 is 20.6 Å². The van der Waals surface area contributed by atoms with Gasteiger partial charge in [-0.15, -0.1) is 11.6 Å². The van der Waals surface area contributed by atoms with E-state index in [9.17, 15) is 8.42 Å². The van der Waals surface area contributed by atoms with Crippen LogP contribution in [0.4, 0.5) is 0 Å². The van der Waals surface area contributed by atoms with Crippen molar-refractivity contribution in [3.05, 3.63) is 0 Å². The molecule has 0 aromatic rings. The molecule has 1 heterocycles. The molecule has 60 valence electrons. The fraction of sp³-hybridized carbons (Fsp3) is 1.00. The lowest BCUT2D eigenvalue weighted by molar-refractivity contribution is 0.216.